The predicted octanol–water partition coefficient (Wildman–Crippen LogP) is 0.414. The second-order valence-electron chi connectivity index (χ2n) is 7.44. The van der Waals surface area contributed by atoms with Crippen molar-refractivity contribution in [1.29, 1.82) is 0 Å². The van der Waals surface area contributed by atoms with Gasteiger partial charge in [-0.2, -0.15) is 0 Å². The average molecular weight is 400 g/mol. The molecule has 2 unspecified atom stereocenters. The summed E-state index contributed by atoms with van der Waals surface area (Å²) in [7, 11) is 0. The van der Waals surface area contributed by atoms with Crippen LogP contribution in [0.5, 0.6) is 0 Å². The van der Waals surface area contributed by atoms with E-state index < -0.39 is 43.2 Å². The van der Waals surface area contributed by atoms with Crippen LogP contribution in [0.2, 0.25) is 0 Å². The smallest absolute Gasteiger partial charge is 0.117 e. The highest BCUT2D eigenvalue weighted by Gasteiger charge is 2.46. The average Bonchev–Trinajstić information content (AvgIpc) is 3.19. The third-order valence-corrected chi connectivity index (χ3v) is 5.58. The van der Waals surface area contributed by atoms with E-state index in [4.69, 9.17) is 4.74 Å². The summed E-state index contributed by atoms with van der Waals surface area (Å²) < 4.78 is 5.48. The Morgan fingerprint density at radius 3 is 2.48 bits per heavy atom. The van der Waals surface area contributed by atoms with E-state index in [-0.39, 0.29) is 0 Å². The molecule has 1 aliphatic rings. The summed E-state index contributed by atoms with van der Waals surface area (Å²) in [5, 5.41) is 50.3. The summed E-state index contributed by atoms with van der Waals surface area (Å²) in [5.41, 5.74) is 5.03. The maximum Gasteiger partial charge on any atom is 0.117 e. The van der Waals surface area contributed by atoms with Gasteiger partial charge in [-0.1, -0.05) is 24.3 Å². The molecule has 0 radical (unpaired) electrons. The van der Waals surface area contributed by atoms with E-state index in [1.165, 1.54) is 0 Å². The van der Waals surface area contributed by atoms with Crippen LogP contribution in [0.4, 0.5) is 0 Å². The monoisotopic (exact) mass is 400 g/mol. The number of ether oxygens (including phenoxy) is 1. The number of fused-ring (bicyclic) bond motifs is 1. The molecule has 3 aromatic rings. The van der Waals surface area contributed by atoms with Gasteiger partial charge in [0, 0.05) is 0 Å². The Bertz CT molecular complexity index is 1000. The molecule has 8 nitrogen and oxygen atoms in total. The molecule has 6 atom stereocenters. The van der Waals surface area contributed by atoms with Gasteiger partial charge in [-0.15, -0.1) is 0 Å². The molecule has 0 spiro atoms. The van der Waals surface area contributed by atoms with Crippen molar-refractivity contribution in [2.45, 2.75) is 43.5 Å². The first kappa shape index (κ1) is 20.0. The first-order valence-electron chi connectivity index (χ1n) is 9.43. The van der Waals surface area contributed by atoms with Gasteiger partial charge in [0.05, 0.1) is 24.0 Å². The molecule has 0 bridgehead atoms. The highest BCUT2D eigenvalue weighted by molar-refractivity contribution is 5.81. The zero-order valence-corrected chi connectivity index (χ0v) is 15.8. The Balaban J connectivity index is 1.61. The fraction of sp³-hybridized carbons (Fsp3) is 0.381. The second-order valence-corrected chi connectivity index (χ2v) is 7.44. The number of imidazole rings is 1. The molecule has 2 heterocycles. The molecule has 2 aromatic carbocycles. The minimum absolute atomic E-state index is 0.528. The number of aliphatic hydroxyl groups excluding tert-OH is 5. The zero-order chi connectivity index (χ0) is 20.7. The van der Waals surface area contributed by atoms with E-state index in [1.54, 1.807) is 12.4 Å². The van der Waals surface area contributed by atoms with Gasteiger partial charge < -0.3 is 35.3 Å². The molecule has 154 valence electrons. The summed E-state index contributed by atoms with van der Waals surface area (Å²) >= 11 is 0. The molecule has 8 heteroatoms. The number of hydrogen-bond acceptors (Lipinski definition) is 7. The maximum atomic E-state index is 10.8. The maximum absolute atomic E-state index is 10.8. The van der Waals surface area contributed by atoms with Gasteiger partial charge in [-0.3, -0.25) is 0 Å². The fourth-order valence-corrected chi connectivity index (χ4v) is 3.87. The minimum Gasteiger partial charge on any atom is -0.394 e. The van der Waals surface area contributed by atoms with E-state index in [0.29, 0.717) is 5.56 Å². The standard InChI is InChI=1S/C21H24N2O6/c1-10-6-11(12-3-5-14-15(7-12)23-9-22-14)2-4-13(10)17(25)21-20(28)19(27)18(26)16(8-24)29-21/h2-7,9,16-21,24-28H,8H2,1H3,(H,22,23)/t16?,17-,18-,19+,20?,21-/m1/s1. The van der Waals surface area contributed by atoms with Crippen molar-refractivity contribution in [2.75, 3.05) is 6.61 Å². The third kappa shape index (κ3) is 3.55. The molecule has 1 aliphatic heterocycles. The van der Waals surface area contributed by atoms with Gasteiger partial charge in [-0.05, 0) is 41.3 Å². The Morgan fingerprint density at radius 1 is 1.03 bits per heavy atom. The van der Waals surface area contributed by atoms with E-state index in [2.05, 4.69) is 9.97 Å². The fourth-order valence-electron chi connectivity index (χ4n) is 3.87. The van der Waals surface area contributed by atoms with Crippen LogP contribution in [0, 0.1) is 6.92 Å². The van der Waals surface area contributed by atoms with Crippen LogP contribution in [0.25, 0.3) is 22.2 Å². The molecule has 6 N–H and O–H groups in total. The Morgan fingerprint density at radius 2 is 1.76 bits per heavy atom. The van der Waals surface area contributed by atoms with Crippen LogP contribution in [-0.4, -0.2) is 72.6 Å². The molecule has 29 heavy (non-hydrogen) atoms. The van der Waals surface area contributed by atoms with E-state index in [0.717, 1.165) is 27.7 Å². The molecule has 1 aromatic heterocycles. The lowest BCUT2D eigenvalue weighted by molar-refractivity contribution is -0.250. The number of H-pyrrole nitrogens is 1. The molecule has 4 rings (SSSR count). The lowest BCUT2D eigenvalue weighted by Gasteiger charge is -2.42. The molecule has 0 amide bonds. The van der Waals surface area contributed by atoms with Gasteiger partial charge >= 0.3 is 0 Å². The van der Waals surface area contributed by atoms with Gasteiger partial charge in [0.25, 0.3) is 0 Å². The SMILES string of the molecule is Cc1cc(-c2ccc3nc[nH]c3c2)ccc1[C@@H](O)[C@H]1OC(CO)[C@@H](O)[C@H](O)C1O. The predicted molar refractivity (Wildman–Crippen MR) is 105 cm³/mol. The van der Waals surface area contributed by atoms with Crippen molar-refractivity contribution in [3.8, 4) is 11.1 Å². The van der Waals surface area contributed by atoms with E-state index in [1.807, 2.05) is 37.3 Å². The number of rotatable bonds is 4. The molecular formula is C21H24N2O6. The number of aryl methyl sites for hydroxylation is 1. The van der Waals surface area contributed by atoms with Crippen molar-refractivity contribution in [2.24, 2.45) is 0 Å². The van der Waals surface area contributed by atoms with Crippen LogP contribution < -0.4 is 0 Å². The number of aliphatic hydroxyl groups is 5. The summed E-state index contributed by atoms with van der Waals surface area (Å²) in [6.07, 6.45) is -6.33. The Kier molecular flexibility index (Phi) is 5.39. The van der Waals surface area contributed by atoms with Crippen LogP contribution in [0.3, 0.4) is 0 Å². The first-order valence-corrected chi connectivity index (χ1v) is 9.43. The summed E-state index contributed by atoms with van der Waals surface area (Å²) in [4.78, 5) is 7.29. The number of nitrogens with one attached hydrogen (secondary N) is 1. The molecule has 1 fully saturated rings. The molecular weight excluding hydrogens is 376 g/mol. The summed E-state index contributed by atoms with van der Waals surface area (Å²) in [5.74, 6) is 0. The quantitative estimate of drug-likeness (QED) is 0.373. The number of aromatic amines is 1. The number of benzene rings is 2. The highest BCUT2D eigenvalue weighted by Crippen LogP contribution is 2.33. The van der Waals surface area contributed by atoms with Gasteiger partial charge in [0.2, 0.25) is 0 Å². The van der Waals surface area contributed by atoms with Crippen LogP contribution in [-0.2, 0) is 4.74 Å². The van der Waals surface area contributed by atoms with Crippen LogP contribution in [0.1, 0.15) is 17.2 Å². The number of hydrogen-bond donors (Lipinski definition) is 6. The van der Waals surface area contributed by atoms with Gasteiger partial charge in [0.1, 0.15) is 36.6 Å². The summed E-state index contributed by atoms with van der Waals surface area (Å²) in [6.45, 7) is 1.29. The lowest BCUT2D eigenvalue weighted by atomic mass is 9.88. The number of nitrogens with zero attached hydrogens (tertiary/aromatic N) is 1. The lowest BCUT2D eigenvalue weighted by Crippen LogP contribution is -2.59. The normalized spacial score (nSPS) is 28.6. The molecule has 0 saturated carbocycles. The summed E-state index contributed by atoms with van der Waals surface area (Å²) in [6, 6.07) is 11.4. The van der Waals surface area contributed by atoms with Crippen molar-refractivity contribution >= 4 is 11.0 Å². The topological polar surface area (TPSA) is 139 Å². The van der Waals surface area contributed by atoms with Crippen molar-refractivity contribution in [3.63, 3.8) is 0 Å². The van der Waals surface area contributed by atoms with Gasteiger partial charge in [-0.25, -0.2) is 4.98 Å². The largest absolute Gasteiger partial charge is 0.394 e. The van der Waals surface area contributed by atoms with Crippen LogP contribution in [0.15, 0.2) is 42.7 Å². The zero-order valence-electron chi connectivity index (χ0n) is 15.8. The Labute approximate surface area is 167 Å². The highest BCUT2D eigenvalue weighted by atomic mass is 16.6. The minimum atomic E-state index is -1.53. The van der Waals surface area contributed by atoms with Crippen molar-refractivity contribution in [1.82, 2.24) is 9.97 Å². The first-order chi connectivity index (χ1) is 13.9. The van der Waals surface area contributed by atoms with E-state index in [9.17, 15) is 25.5 Å². The third-order valence-electron chi connectivity index (χ3n) is 5.58. The molecule has 0 aliphatic carbocycles. The van der Waals surface area contributed by atoms with Crippen molar-refractivity contribution < 1.29 is 30.3 Å². The van der Waals surface area contributed by atoms with Crippen LogP contribution >= 0.6 is 0 Å². The number of aromatic nitrogens is 2. The van der Waals surface area contributed by atoms with Crippen molar-refractivity contribution in [3.05, 3.63) is 53.9 Å². The molecule has 1 saturated heterocycles. The van der Waals surface area contributed by atoms with E-state index >= 15 is 0 Å². The Hall–Kier alpha value is -2.33. The second kappa shape index (κ2) is 7.83. The van der Waals surface area contributed by atoms with Gasteiger partial charge in [0.15, 0.2) is 0 Å².